The van der Waals surface area contributed by atoms with E-state index in [1.165, 1.54) is 300 Å². The average molecular weight is 1910 g/mol. The van der Waals surface area contributed by atoms with Crippen molar-refractivity contribution in [1.29, 1.82) is 0 Å². The summed E-state index contributed by atoms with van der Waals surface area (Å²) in [7, 11) is 0. The van der Waals surface area contributed by atoms with Gasteiger partial charge in [0, 0.05) is 67.5 Å². The van der Waals surface area contributed by atoms with Gasteiger partial charge >= 0.3 is 0 Å². The second kappa shape index (κ2) is 41.6. The Bertz CT molecular complexity index is 7870. The third-order valence-corrected chi connectivity index (χ3v) is 34.1. The molecule has 0 aliphatic heterocycles. The van der Waals surface area contributed by atoms with Gasteiger partial charge in [-0.15, -0.1) is 0 Å². The van der Waals surface area contributed by atoms with Crippen LogP contribution in [0, 0.1) is 263 Å². The van der Waals surface area contributed by atoms with Crippen molar-refractivity contribution in [3.63, 3.8) is 0 Å². The monoisotopic (exact) mass is 1910 g/mol. The van der Waals surface area contributed by atoms with Gasteiger partial charge in [-0.1, -0.05) is 109 Å². The number of nitrogens with zero attached hydrogens (tertiary/aromatic N) is 5. The predicted octanol–water partition coefficient (Wildman–Crippen LogP) is 38.8. The minimum atomic E-state index is 0.998. The van der Waals surface area contributed by atoms with Crippen LogP contribution in [-0.4, -0.2) is 24.9 Å². The third kappa shape index (κ3) is 20.5. The highest BCUT2D eigenvalue weighted by atomic mass is 14.7. The van der Waals surface area contributed by atoms with Gasteiger partial charge in [-0.2, -0.15) is 0 Å². The molecule has 0 bridgehead atoms. The van der Waals surface area contributed by atoms with Crippen LogP contribution >= 0.6 is 0 Å². The summed E-state index contributed by atoms with van der Waals surface area (Å²) in [6.07, 6.45) is 0. The van der Waals surface area contributed by atoms with E-state index in [0.717, 1.165) is 79.2 Å². The number of aromatic nitrogens is 5. The molecule has 5 aromatic heterocycles. The molecule has 0 saturated carbocycles. The highest BCUT2D eigenvalue weighted by molar-refractivity contribution is 5.93. The molecule has 13 aromatic carbocycles. The lowest BCUT2D eigenvalue weighted by Gasteiger charge is -2.22. The van der Waals surface area contributed by atoms with Gasteiger partial charge in [0.25, 0.3) is 0 Å². The Morgan fingerprint density at radius 3 is 0.562 bits per heavy atom. The van der Waals surface area contributed by atoms with Crippen LogP contribution < -0.4 is 0 Å². The van der Waals surface area contributed by atoms with Crippen molar-refractivity contribution >= 4 is 0 Å². The Kier molecular flexibility index (Phi) is 29.8. The van der Waals surface area contributed by atoms with E-state index in [-0.39, 0.29) is 0 Å². The summed E-state index contributed by atoms with van der Waals surface area (Å²) in [5.74, 6) is 0. The number of rotatable bonds is 15. The molecule has 5 heterocycles. The number of hydrogen-bond acceptors (Lipinski definition) is 5. The molecule has 18 aromatic rings. The molecule has 146 heavy (non-hydrogen) atoms. The molecule has 0 radical (unpaired) electrons. The summed E-state index contributed by atoms with van der Waals surface area (Å²) in [6, 6.07) is 80.9. The third-order valence-electron chi connectivity index (χ3n) is 34.1. The van der Waals surface area contributed by atoms with Gasteiger partial charge in [-0.25, -0.2) is 4.98 Å². The van der Waals surface area contributed by atoms with E-state index in [1.807, 2.05) is 0 Å². The van der Waals surface area contributed by atoms with Crippen LogP contribution in [0.4, 0.5) is 0 Å². The fraction of sp³-hybridized carbons (Fsp3) is 0.270. The van der Waals surface area contributed by atoms with Crippen molar-refractivity contribution in [2.45, 2.75) is 263 Å². The zero-order valence-corrected chi connectivity index (χ0v) is 94.4. The van der Waals surface area contributed by atoms with Crippen LogP contribution in [0.1, 0.15) is 212 Å². The average Bonchev–Trinajstić information content (AvgIpc) is 0.790. The van der Waals surface area contributed by atoms with Crippen molar-refractivity contribution < 1.29 is 0 Å². The number of aryl methyl sites for hydroxylation is 18. The summed E-state index contributed by atoms with van der Waals surface area (Å²) in [4.78, 5) is 26.0. The predicted molar refractivity (Wildman–Crippen MR) is 630 cm³/mol. The molecule has 5 nitrogen and oxygen atoms in total. The van der Waals surface area contributed by atoms with Gasteiger partial charge in [0.05, 0.1) is 22.8 Å². The van der Waals surface area contributed by atoms with E-state index < -0.39 is 0 Å². The molecule has 0 unspecified atom stereocenters. The maximum absolute atomic E-state index is 5.59. The van der Waals surface area contributed by atoms with Crippen molar-refractivity contribution in [3.8, 4) is 167 Å². The molecule has 738 valence electrons. The van der Waals surface area contributed by atoms with Crippen LogP contribution in [0.3, 0.4) is 0 Å². The molecule has 5 heteroatoms. The molecule has 0 amide bonds. The first-order valence-electron chi connectivity index (χ1n) is 52.2. The van der Waals surface area contributed by atoms with Crippen molar-refractivity contribution in [2.24, 2.45) is 0 Å². The maximum atomic E-state index is 5.59. The minimum absolute atomic E-state index is 0.998. The van der Waals surface area contributed by atoms with E-state index in [4.69, 9.17) is 24.9 Å². The quantitative estimate of drug-likeness (QED) is 0.102. The van der Waals surface area contributed by atoms with E-state index in [0.29, 0.717) is 0 Å². The van der Waals surface area contributed by atoms with E-state index in [1.54, 1.807) is 0 Å². The lowest BCUT2D eigenvalue weighted by molar-refractivity contribution is 1.07. The lowest BCUT2D eigenvalue weighted by Crippen LogP contribution is -2.03. The van der Waals surface area contributed by atoms with Crippen LogP contribution in [0.15, 0.2) is 212 Å². The van der Waals surface area contributed by atoms with Crippen LogP contribution in [-0.2, 0) is 0 Å². The van der Waals surface area contributed by atoms with E-state index >= 15 is 0 Å². The Hall–Kier alpha value is -14.4. The maximum Gasteiger partial charge on any atom is 0.0737 e. The Labute approximate surface area is 873 Å². The molecule has 18 rings (SSSR count). The molecule has 0 spiro atoms. The van der Waals surface area contributed by atoms with E-state index in [9.17, 15) is 0 Å². The molecule has 0 N–H and O–H groups in total. The summed E-state index contributed by atoms with van der Waals surface area (Å²) in [5, 5.41) is 0. The van der Waals surface area contributed by atoms with Gasteiger partial charge in [-0.05, 0) is 656 Å². The van der Waals surface area contributed by atoms with Crippen molar-refractivity contribution in [1.82, 2.24) is 24.9 Å². The molecular weight excluding hydrogens is 1760 g/mol. The molecule has 0 aliphatic rings. The summed E-state index contributed by atoms with van der Waals surface area (Å²) < 4.78 is 0. The normalized spacial score (nSPS) is 11.4. The number of hydrogen-bond donors (Lipinski definition) is 0. The molecule has 0 saturated heterocycles. The zero-order chi connectivity index (χ0) is 106. The summed E-state index contributed by atoms with van der Waals surface area (Å²) in [6.45, 7) is 83.8. The summed E-state index contributed by atoms with van der Waals surface area (Å²) in [5.41, 5.74) is 83.7. The fourth-order valence-corrected chi connectivity index (χ4v) is 21.6. The number of pyridine rings is 5. The smallest absolute Gasteiger partial charge is 0.0737 e. The molecule has 0 atom stereocenters. The SMILES string of the molecule is Cc1ccc(-c2cc(-c3cc(-c4c(C)nc(C)c(C)c4C)cc(-c4c(C)nc(C)c(C)c4C)c3)cc(-c3ccc(C)c(C)c3)c2)cc1C.Cc1ccc(-c2cc(-c3cc(-c4nc(C)c(C)c(C)c4C)cc(-c4nc(C)c(C)c(C)c4C)c3)cc(-c3ccc(C)c(C)c3)c2)cc1C.Cc1ccc(-c2cc(-c3ccc(C)c(C)c3)cc(-c3cc(-c4c(C)c(C)c(C)c(C)c4C)cc(-c4c(C)c(C)c(C)c(C)c4C)n3)c2)cc1C. The van der Waals surface area contributed by atoms with Crippen molar-refractivity contribution in [2.75, 3.05) is 0 Å². The van der Waals surface area contributed by atoms with Gasteiger partial charge in [0.1, 0.15) is 0 Å². The highest BCUT2D eigenvalue weighted by Crippen LogP contribution is 2.48. The second-order valence-corrected chi connectivity index (χ2v) is 43.1. The Morgan fingerprint density at radius 1 is 0.103 bits per heavy atom. The standard InChI is InChI=1S/C49H53N.2C46H48N2/c1-26-15-17-40(19-28(26)3)42-21-43(41-18-16-27(2)29(4)20-41)23-44(22-42)46-24-45(48-36(11)32(7)30(5)33(8)37(48)12)25-47(50-46)49-38(13)34(9)31(6)35(10)39(49)14;1-25-13-15-37(17-27(25)3)39-19-40(38-16-14-26(2)28(4)18-38)21-41(20-39)42-22-43(45-31(7)29(5)33(9)47-35(45)11)24-44(23-42)46-32(8)30(6)34(10)48-36(46)12;1-25-13-15-37(17-27(25)3)39-19-40(38-16-14-26(2)28(4)18-38)21-41(20-39)42-22-43(45-33(9)29(5)31(7)35(11)47-45)24-44(23-42)46-34(10)30(6)32(8)36(12)48-46/h15-25H,1-14H3;2*13-24H,1-12H3. The van der Waals surface area contributed by atoms with Gasteiger partial charge in [0.2, 0.25) is 0 Å². The first-order chi connectivity index (χ1) is 69.0. The summed E-state index contributed by atoms with van der Waals surface area (Å²) >= 11 is 0. The topological polar surface area (TPSA) is 64.5 Å². The highest BCUT2D eigenvalue weighted by Gasteiger charge is 2.27. The van der Waals surface area contributed by atoms with E-state index in [2.05, 4.69) is 475 Å². The lowest BCUT2D eigenvalue weighted by atomic mass is 9.84. The van der Waals surface area contributed by atoms with Gasteiger partial charge in [0.15, 0.2) is 0 Å². The Morgan fingerprint density at radius 2 is 0.288 bits per heavy atom. The molecule has 0 fully saturated rings. The van der Waals surface area contributed by atoms with Crippen LogP contribution in [0.2, 0.25) is 0 Å². The molecule has 0 aliphatic carbocycles. The van der Waals surface area contributed by atoms with Crippen molar-refractivity contribution in [3.05, 3.63) is 425 Å². The fourth-order valence-electron chi connectivity index (χ4n) is 21.6. The van der Waals surface area contributed by atoms with Gasteiger partial charge < -0.3 is 0 Å². The van der Waals surface area contributed by atoms with Gasteiger partial charge in [-0.3, -0.25) is 19.9 Å². The number of benzene rings is 13. The first-order valence-corrected chi connectivity index (χ1v) is 52.2. The zero-order valence-electron chi connectivity index (χ0n) is 94.4. The largest absolute Gasteiger partial charge is 0.258 e. The van der Waals surface area contributed by atoms with Crippen LogP contribution in [0.25, 0.3) is 167 Å². The minimum Gasteiger partial charge on any atom is -0.258 e. The van der Waals surface area contributed by atoms with Crippen LogP contribution in [0.5, 0.6) is 0 Å². The second-order valence-electron chi connectivity index (χ2n) is 43.1. The first kappa shape index (κ1) is 104. The molecular formula is C141H149N5. The Balaban J connectivity index is 0.000000157.